The minimum atomic E-state index is -0.173. The van der Waals surface area contributed by atoms with E-state index in [0.717, 1.165) is 11.3 Å². The Hall–Kier alpha value is -1.40. The number of hydrogen-bond acceptors (Lipinski definition) is 4. The van der Waals surface area contributed by atoms with Gasteiger partial charge in [-0.2, -0.15) is 0 Å². The minimum Gasteiger partial charge on any atom is -0.382 e. The Balaban J connectivity index is 1.97. The standard InChI is InChI=1S/C16H24N2O3S/c1-3-21-10-5-9-17-16(20)12-7-8-14(19)18(2)15(12)13-6-4-11-22-13/h4,6,11-12,15H,3,5,7-10H2,1-2H3,(H,17,20)/t12-,15-/m1/s1. The van der Waals surface area contributed by atoms with E-state index in [1.54, 1.807) is 23.3 Å². The van der Waals surface area contributed by atoms with Gasteiger partial charge in [0.15, 0.2) is 0 Å². The van der Waals surface area contributed by atoms with Crippen molar-refractivity contribution in [3.63, 3.8) is 0 Å². The Kier molecular flexibility index (Phi) is 6.39. The zero-order valence-corrected chi connectivity index (χ0v) is 14.0. The molecule has 0 unspecified atom stereocenters. The van der Waals surface area contributed by atoms with Gasteiger partial charge < -0.3 is 15.0 Å². The summed E-state index contributed by atoms with van der Waals surface area (Å²) in [5.74, 6) is -0.0264. The van der Waals surface area contributed by atoms with Crippen LogP contribution in [0.25, 0.3) is 0 Å². The average Bonchev–Trinajstić information content (AvgIpc) is 3.03. The van der Waals surface area contributed by atoms with Gasteiger partial charge >= 0.3 is 0 Å². The maximum absolute atomic E-state index is 12.5. The van der Waals surface area contributed by atoms with Gasteiger partial charge in [-0.25, -0.2) is 0 Å². The van der Waals surface area contributed by atoms with Crippen LogP contribution in [0.15, 0.2) is 17.5 Å². The molecule has 6 heteroatoms. The summed E-state index contributed by atoms with van der Waals surface area (Å²) in [5.41, 5.74) is 0. The molecule has 1 aromatic rings. The van der Waals surface area contributed by atoms with E-state index in [0.29, 0.717) is 32.6 Å². The molecule has 2 atom stereocenters. The van der Waals surface area contributed by atoms with E-state index in [2.05, 4.69) is 5.32 Å². The van der Waals surface area contributed by atoms with E-state index >= 15 is 0 Å². The minimum absolute atomic E-state index is 0.0363. The Morgan fingerprint density at radius 3 is 3.05 bits per heavy atom. The predicted octanol–water partition coefficient (Wildman–Crippen LogP) is 2.20. The highest BCUT2D eigenvalue weighted by Crippen LogP contribution is 2.37. The number of nitrogens with zero attached hydrogens (tertiary/aromatic N) is 1. The fourth-order valence-corrected chi connectivity index (χ4v) is 3.76. The van der Waals surface area contributed by atoms with Crippen molar-refractivity contribution >= 4 is 23.2 Å². The molecule has 22 heavy (non-hydrogen) atoms. The number of nitrogens with one attached hydrogen (secondary N) is 1. The van der Waals surface area contributed by atoms with Crippen LogP contribution in [0.2, 0.25) is 0 Å². The van der Waals surface area contributed by atoms with E-state index in [4.69, 9.17) is 4.74 Å². The smallest absolute Gasteiger partial charge is 0.225 e. The number of amides is 2. The van der Waals surface area contributed by atoms with Crippen molar-refractivity contribution < 1.29 is 14.3 Å². The summed E-state index contributed by atoms with van der Waals surface area (Å²) < 4.78 is 5.27. The van der Waals surface area contributed by atoms with Crippen molar-refractivity contribution in [2.45, 2.75) is 32.2 Å². The molecule has 0 bridgehead atoms. The zero-order valence-electron chi connectivity index (χ0n) is 13.2. The molecular weight excluding hydrogens is 300 g/mol. The van der Waals surface area contributed by atoms with Crippen molar-refractivity contribution in [2.75, 3.05) is 26.8 Å². The van der Waals surface area contributed by atoms with Crippen LogP contribution in [0, 0.1) is 5.92 Å². The highest BCUT2D eigenvalue weighted by molar-refractivity contribution is 7.10. The molecule has 0 aliphatic carbocycles. The van der Waals surface area contributed by atoms with Gasteiger partial charge in [0.2, 0.25) is 11.8 Å². The monoisotopic (exact) mass is 324 g/mol. The number of rotatable bonds is 7. The summed E-state index contributed by atoms with van der Waals surface area (Å²) in [7, 11) is 1.79. The SMILES string of the molecule is CCOCCCNC(=O)[C@@H]1CCC(=O)N(C)[C@H]1c1cccs1. The molecule has 1 saturated heterocycles. The van der Waals surface area contributed by atoms with Crippen LogP contribution in [-0.2, 0) is 14.3 Å². The third kappa shape index (κ3) is 4.08. The van der Waals surface area contributed by atoms with Crippen LogP contribution >= 0.6 is 11.3 Å². The number of hydrogen-bond donors (Lipinski definition) is 1. The number of piperidine rings is 1. The van der Waals surface area contributed by atoms with Crippen LogP contribution in [0.5, 0.6) is 0 Å². The first-order valence-electron chi connectivity index (χ1n) is 7.79. The van der Waals surface area contributed by atoms with Gasteiger partial charge in [-0.3, -0.25) is 9.59 Å². The molecule has 1 fully saturated rings. The largest absolute Gasteiger partial charge is 0.382 e. The van der Waals surface area contributed by atoms with Gasteiger partial charge in [0.05, 0.1) is 12.0 Å². The number of likely N-dealkylation sites (tertiary alicyclic amines) is 1. The molecule has 1 aliphatic heterocycles. The maximum Gasteiger partial charge on any atom is 0.225 e. The first kappa shape index (κ1) is 17.0. The fourth-order valence-electron chi connectivity index (χ4n) is 2.82. The molecule has 1 aliphatic rings. The molecule has 1 N–H and O–H groups in total. The molecule has 0 spiro atoms. The number of thiophene rings is 1. The van der Waals surface area contributed by atoms with Crippen LogP contribution in [0.4, 0.5) is 0 Å². The van der Waals surface area contributed by atoms with E-state index < -0.39 is 0 Å². The number of ether oxygens (including phenoxy) is 1. The molecule has 2 amide bonds. The lowest BCUT2D eigenvalue weighted by Gasteiger charge is -2.37. The van der Waals surface area contributed by atoms with Gasteiger partial charge in [-0.05, 0) is 31.2 Å². The Bertz CT molecular complexity index is 490. The van der Waals surface area contributed by atoms with Crippen LogP contribution in [0.1, 0.15) is 37.1 Å². The van der Waals surface area contributed by atoms with Crippen molar-refractivity contribution in [1.82, 2.24) is 10.2 Å². The van der Waals surface area contributed by atoms with Crippen molar-refractivity contribution in [3.05, 3.63) is 22.4 Å². The van der Waals surface area contributed by atoms with E-state index in [-0.39, 0.29) is 23.8 Å². The van der Waals surface area contributed by atoms with E-state index in [9.17, 15) is 9.59 Å². The topological polar surface area (TPSA) is 58.6 Å². The molecule has 1 aromatic heterocycles. The summed E-state index contributed by atoms with van der Waals surface area (Å²) >= 11 is 1.60. The van der Waals surface area contributed by atoms with Gasteiger partial charge in [0.25, 0.3) is 0 Å². The Morgan fingerprint density at radius 2 is 2.36 bits per heavy atom. The Labute approximate surface area is 135 Å². The molecular formula is C16H24N2O3S. The summed E-state index contributed by atoms with van der Waals surface area (Å²) in [6.45, 7) is 3.93. The van der Waals surface area contributed by atoms with Crippen LogP contribution < -0.4 is 5.32 Å². The summed E-state index contributed by atoms with van der Waals surface area (Å²) in [6.07, 6.45) is 1.86. The second kappa shape index (κ2) is 8.29. The first-order chi connectivity index (χ1) is 10.6. The van der Waals surface area contributed by atoms with Gasteiger partial charge in [-0.15, -0.1) is 11.3 Å². The summed E-state index contributed by atoms with van der Waals surface area (Å²) in [6, 6.07) is 3.82. The van der Waals surface area contributed by atoms with Gasteiger partial charge in [0, 0.05) is 38.1 Å². The van der Waals surface area contributed by atoms with E-state index in [1.165, 1.54) is 0 Å². The van der Waals surface area contributed by atoms with E-state index in [1.807, 2.05) is 24.4 Å². The summed E-state index contributed by atoms with van der Waals surface area (Å²) in [4.78, 5) is 27.3. The lowest BCUT2D eigenvalue weighted by atomic mass is 9.87. The van der Waals surface area contributed by atoms with Gasteiger partial charge in [-0.1, -0.05) is 6.07 Å². The van der Waals surface area contributed by atoms with Gasteiger partial charge in [0.1, 0.15) is 0 Å². The molecule has 0 aromatic carbocycles. The zero-order chi connectivity index (χ0) is 15.9. The van der Waals surface area contributed by atoms with Crippen molar-refractivity contribution in [3.8, 4) is 0 Å². The predicted molar refractivity (Wildman–Crippen MR) is 86.7 cm³/mol. The third-order valence-electron chi connectivity index (χ3n) is 4.00. The maximum atomic E-state index is 12.5. The first-order valence-corrected chi connectivity index (χ1v) is 8.67. The Morgan fingerprint density at radius 1 is 1.55 bits per heavy atom. The van der Waals surface area contributed by atoms with Crippen LogP contribution in [0.3, 0.4) is 0 Å². The second-order valence-electron chi connectivity index (χ2n) is 5.45. The lowest BCUT2D eigenvalue weighted by molar-refractivity contribution is -0.141. The molecule has 0 saturated carbocycles. The van der Waals surface area contributed by atoms with Crippen molar-refractivity contribution in [1.29, 1.82) is 0 Å². The quantitative estimate of drug-likeness (QED) is 0.782. The fraction of sp³-hybridized carbons (Fsp3) is 0.625. The lowest BCUT2D eigenvalue weighted by Crippen LogP contribution is -2.46. The highest BCUT2D eigenvalue weighted by Gasteiger charge is 2.39. The molecule has 122 valence electrons. The third-order valence-corrected chi connectivity index (χ3v) is 4.94. The molecule has 5 nitrogen and oxygen atoms in total. The highest BCUT2D eigenvalue weighted by atomic mass is 32.1. The van der Waals surface area contributed by atoms with Crippen LogP contribution in [-0.4, -0.2) is 43.5 Å². The molecule has 0 radical (unpaired) electrons. The summed E-state index contributed by atoms with van der Waals surface area (Å²) in [5, 5.41) is 4.97. The normalized spacial score (nSPS) is 21.9. The number of carbonyl (C=O) groups is 2. The number of carbonyl (C=O) groups excluding carboxylic acids is 2. The molecule has 2 heterocycles. The van der Waals surface area contributed by atoms with Crippen molar-refractivity contribution in [2.24, 2.45) is 5.92 Å². The molecule has 2 rings (SSSR count). The average molecular weight is 324 g/mol. The second-order valence-corrected chi connectivity index (χ2v) is 6.43.